The Morgan fingerprint density at radius 2 is 1.81 bits per heavy atom. The van der Waals surface area contributed by atoms with Crippen molar-refractivity contribution in [3.63, 3.8) is 0 Å². The molecule has 0 fully saturated rings. The summed E-state index contributed by atoms with van der Waals surface area (Å²) >= 11 is 0. The first kappa shape index (κ1) is 14.9. The van der Waals surface area contributed by atoms with E-state index in [1.165, 1.54) is 6.33 Å². The zero-order valence-corrected chi connectivity index (χ0v) is 12.5. The lowest BCUT2D eigenvalue weighted by Gasteiger charge is -2.14. The Bertz CT molecular complexity index is 617. The van der Waals surface area contributed by atoms with Crippen LogP contribution in [0.15, 0.2) is 24.5 Å². The molecule has 6 heteroatoms. The van der Waals surface area contributed by atoms with Crippen molar-refractivity contribution in [1.82, 2.24) is 9.97 Å². The highest BCUT2D eigenvalue weighted by Crippen LogP contribution is 2.32. The van der Waals surface area contributed by atoms with Crippen molar-refractivity contribution in [3.05, 3.63) is 30.1 Å². The predicted octanol–water partition coefficient (Wildman–Crippen LogP) is 2.91. The predicted molar refractivity (Wildman–Crippen MR) is 83.2 cm³/mol. The number of rotatable bonds is 6. The van der Waals surface area contributed by atoms with E-state index in [1.807, 2.05) is 39.0 Å². The van der Waals surface area contributed by atoms with Gasteiger partial charge in [0.2, 0.25) is 0 Å². The first-order valence-corrected chi connectivity index (χ1v) is 6.89. The second kappa shape index (κ2) is 6.78. The molecule has 2 rings (SSSR count). The Balaban J connectivity index is 2.28. The van der Waals surface area contributed by atoms with E-state index in [0.717, 1.165) is 17.0 Å². The standard InChI is InChI=1S/C15H20N4O2/c1-4-20-12-7-6-11(8-13(12)21-5-2)19-15-10(3)14(16)17-9-18-15/h6-9H,4-5H2,1-3H3,(H3,16,17,18,19). The molecule has 6 nitrogen and oxygen atoms in total. The number of hydrogen-bond acceptors (Lipinski definition) is 6. The molecule has 0 saturated heterocycles. The van der Waals surface area contributed by atoms with Crippen LogP contribution < -0.4 is 20.5 Å². The maximum absolute atomic E-state index is 5.78. The number of ether oxygens (including phenoxy) is 2. The number of benzene rings is 1. The first-order chi connectivity index (χ1) is 10.2. The lowest BCUT2D eigenvalue weighted by Crippen LogP contribution is -2.03. The van der Waals surface area contributed by atoms with Gasteiger partial charge >= 0.3 is 0 Å². The second-order valence-electron chi connectivity index (χ2n) is 4.39. The van der Waals surface area contributed by atoms with Crippen molar-refractivity contribution >= 4 is 17.3 Å². The Kier molecular flexibility index (Phi) is 4.81. The summed E-state index contributed by atoms with van der Waals surface area (Å²) in [5, 5.41) is 3.21. The van der Waals surface area contributed by atoms with Gasteiger partial charge in [-0.25, -0.2) is 9.97 Å². The molecule has 3 N–H and O–H groups in total. The van der Waals surface area contributed by atoms with Gasteiger partial charge in [-0.1, -0.05) is 0 Å². The fraction of sp³-hybridized carbons (Fsp3) is 0.333. The topological polar surface area (TPSA) is 82.3 Å². The van der Waals surface area contributed by atoms with Gasteiger partial charge in [0.25, 0.3) is 0 Å². The normalized spacial score (nSPS) is 10.2. The number of nitrogens with one attached hydrogen (secondary N) is 1. The Morgan fingerprint density at radius 1 is 1.10 bits per heavy atom. The molecule has 2 aromatic rings. The minimum atomic E-state index is 0.462. The fourth-order valence-electron chi connectivity index (χ4n) is 1.86. The number of nitrogen functional groups attached to an aromatic ring is 1. The van der Waals surface area contributed by atoms with Crippen LogP contribution in [0.25, 0.3) is 0 Å². The molecule has 1 aromatic heterocycles. The highest BCUT2D eigenvalue weighted by molar-refractivity contribution is 5.65. The minimum Gasteiger partial charge on any atom is -0.490 e. The lowest BCUT2D eigenvalue weighted by atomic mass is 10.2. The second-order valence-corrected chi connectivity index (χ2v) is 4.39. The summed E-state index contributed by atoms with van der Waals surface area (Å²) in [7, 11) is 0. The molecular formula is C15H20N4O2. The number of anilines is 3. The number of nitrogens with zero attached hydrogens (tertiary/aromatic N) is 2. The third-order valence-corrected chi connectivity index (χ3v) is 2.93. The van der Waals surface area contributed by atoms with Crippen molar-refractivity contribution in [1.29, 1.82) is 0 Å². The van der Waals surface area contributed by atoms with Crippen LogP contribution in [-0.4, -0.2) is 23.2 Å². The highest BCUT2D eigenvalue weighted by atomic mass is 16.5. The molecule has 0 amide bonds. The molecule has 0 bridgehead atoms. The van der Waals surface area contributed by atoms with Crippen LogP contribution in [0.2, 0.25) is 0 Å². The maximum Gasteiger partial charge on any atom is 0.163 e. The third kappa shape index (κ3) is 3.53. The quantitative estimate of drug-likeness (QED) is 0.850. The Labute approximate surface area is 124 Å². The third-order valence-electron chi connectivity index (χ3n) is 2.93. The van der Waals surface area contributed by atoms with Crippen LogP contribution in [0.5, 0.6) is 11.5 Å². The molecule has 0 unspecified atom stereocenters. The van der Waals surface area contributed by atoms with Gasteiger partial charge in [-0.3, -0.25) is 0 Å². The smallest absolute Gasteiger partial charge is 0.163 e. The SMILES string of the molecule is CCOc1ccc(Nc2ncnc(N)c2C)cc1OCC. The highest BCUT2D eigenvalue weighted by Gasteiger charge is 2.09. The summed E-state index contributed by atoms with van der Waals surface area (Å²) in [6.45, 7) is 6.91. The molecule has 112 valence electrons. The zero-order chi connectivity index (χ0) is 15.2. The minimum absolute atomic E-state index is 0.462. The largest absolute Gasteiger partial charge is 0.490 e. The summed E-state index contributed by atoms with van der Waals surface area (Å²) in [6.07, 6.45) is 1.43. The van der Waals surface area contributed by atoms with Gasteiger partial charge in [-0.05, 0) is 32.9 Å². The molecule has 0 aliphatic rings. The van der Waals surface area contributed by atoms with Crippen molar-refractivity contribution in [3.8, 4) is 11.5 Å². The number of nitrogens with two attached hydrogens (primary N) is 1. The van der Waals surface area contributed by atoms with Gasteiger partial charge in [0, 0.05) is 17.3 Å². The van der Waals surface area contributed by atoms with Gasteiger partial charge in [0.1, 0.15) is 18.0 Å². The van der Waals surface area contributed by atoms with E-state index < -0.39 is 0 Å². The summed E-state index contributed by atoms with van der Waals surface area (Å²) in [4.78, 5) is 8.14. The van der Waals surface area contributed by atoms with Gasteiger partial charge in [0.05, 0.1) is 13.2 Å². The Morgan fingerprint density at radius 3 is 2.52 bits per heavy atom. The van der Waals surface area contributed by atoms with Crippen LogP contribution in [-0.2, 0) is 0 Å². The van der Waals surface area contributed by atoms with Crippen LogP contribution in [0.1, 0.15) is 19.4 Å². The maximum atomic E-state index is 5.78. The van der Waals surface area contributed by atoms with E-state index in [0.29, 0.717) is 30.6 Å². The Hall–Kier alpha value is -2.50. The monoisotopic (exact) mass is 288 g/mol. The molecule has 0 aliphatic heterocycles. The fourth-order valence-corrected chi connectivity index (χ4v) is 1.86. The molecule has 0 atom stereocenters. The molecule has 1 heterocycles. The van der Waals surface area contributed by atoms with Crippen molar-refractivity contribution in [2.75, 3.05) is 24.3 Å². The van der Waals surface area contributed by atoms with Crippen molar-refractivity contribution < 1.29 is 9.47 Å². The average Bonchev–Trinajstić information content (AvgIpc) is 2.47. The molecule has 0 radical (unpaired) electrons. The van der Waals surface area contributed by atoms with Gasteiger partial charge in [-0.2, -0.15) is 0 Å². The van der Waals surface area contributed by atoms with Crippen molar-refractivity contribution in [2.45, 2.75) is 20.8 Å². The molecular weight excluding hydrogens is 268 g/mol. The summed E-state index contributed by atoms with van der Waals surface area (Å²) in [5.41, 5.74) is 7.44. The molecule has 0 saturated carbocycles. The average molecular weight is 288 g/mol. The summed E-state index contributed by atoms with van der Waals surface area (Å²) in [5.74, 6) is 2.56. The van der Waals surface area contributed by atoms with Gasteiger partial charge in [-0.15, -0.1) is 0 Å². The van der Waals surface area contributed by atoms with E-state index >= 15 is 0 Å². The first-order valence-electron chi connectivity index (χ1n) is 6.89. The van der Waals surface area contributed by atoms with Crippen LogP contribution >= 0.6 is 0 Å². The molecule has 0 spiro atoms. The number of aromatic nitrogens is 2. The summed E-state index contributed by atoms with van der Waals surface area (Å²) < 4.78 is 11.1. The number of hydrogen-bond donors (Lipinski definition) is 2. The molecule has 0 aliphatic carbocycles. The van der Waals surface area contributed by atoms with Crippen LogP contribution in [0.3, 0.4) is 0 Å². The zero-order valence-electron chi connectivity index (χ0n) is 12.5. The van der Waals surface area contributed by atoms with E-state index in [9.17, 15) is 0 Å². The van der Waals surface area contributed by atoms with E-state index in [-0.39, 0.29) is 0 Å². The lowest BCUT2D eigenvalue weighted by molar-refractivity contribution is 0.288. The van der Waals surface area contributed by atoms with E-state index in [4.69, 9.17) is 15.2 Å². The van der Waals surface area contributed by atoms with Crippen LogP contribution in [0.4, 0.5) is 17.3 Å². The summed E-state index contributed by atoms with van der Waals surface area (Å²) in [6, 6.07) is 5.66. The van der Waals surface area contributed by atoms with Gasteiger partial charge in [0.15, 0.2) is 11.5 Å². The van der Waals surface area contributed by atoms with E-state index in [1.54, 1.807) is 0 Å². The van der Waals surface area contributed by atoms with E-state index in [2.05, 4.69) is 15.3 Å². The van der Waals surface area contributed by atoms with Crippen LogP contribution in [0, 0.1) is 6.92 Å². The molecule has 21 heavy (non-hydrogen) atoms. The molecule has 1 aromatic carbocycles. The van der Waals surface area contributed by atoms with Crippen molar-refractivity contribution in [2.24, 2.45) is 0 Å². The van der Waals surface area contributed by atoms with Gasteiger partial charge < -0.3 is 20.5 Å².